The van der Waals surface area contributed by atoms with Crippen molar-refractivity contribution in [2.75, 3.05) is 20.6 Å². The Morgan fingerprint density at radius 3 is 2.69 bits per heavy atom. The summed E-state index contributed by atoms with van der Waals surface area (Å²) in [7, 11) is 3.93. The highest BCUT2D eigenvalue weighted by atomic mass is 16.6. The molecule has 0 aliphatic heterocycles. The molecule has 1 N–H and O–H groups in total. The van der Waals surface area contributed by atoms with Crippen molar-refractivity contribution in [3.8, 4) is 5.75 Å². The molecule has 0 atom stereocenters. The first-order chi connectivity index (χ1) is 7.52. The minimum atomic E-state index is -0.565. The molecular weight excluding hydrogens is 208 g/mol. The van der Waals surface area contributed by atoms with Crippen molar-refractivity contribution in [1.29, 1.82) is 0 Å². The van der Waals surface area contributed by atoms with Gasteiger partial charge in [-0.1, -0.05) is 12.1 Å². The van der Waals surface area contributed by atoms with E-state index in [-0.39, 0.29) is 11.4 Å². The van der Waals surface area contributed by atoms with Gasteiger partial charge >= 0.3 is 5.69 Å². The molecule has 1 aromatic carbocycles. The van der Waals surface area contributed by atoms with E-state index >= 15 is 0 Å². The van der Waals surface area contributed by atoms with E-state index in [1.54, 1.807) is 12.1 Å². The molecule has 0 saturated carbocycles. The predicted octanol–water partition coefficient (Wildman–Crippen LogP) is 1.79. The lowest BCUT2D eigenvalue weighted by molar-refractivity contribution is -0.385. The van der Waals surface area contributed by atoms with E-state index in [0.29, 0.717) is 12.0 Å². The van der Waals surface area contributed by atoms with E-state index < -0.39 is 4.92 Å². The van der Waals surface area contributed by atoms with Crippen molar-refractivity contribution >= 4 is 5.69 Å². The maximum atomic E-state index is 10.6. The van der Waals surface area contributed by atoms with Crippen LogP contribution in [0.15, 0.2) is 18.2 Å². The number of phenolic OH excluding ortho intramolecular Hbond substituents is 1. The van der Waals surface area contributed by atoms with Gasteiger partial charge in [0.1, 0.15) is 0 Å². The summed E-state index contributed by atoms with van der Waals surface area (Å²) in [5.74, 6) is -0.203. The van der Waals surface area contributed by atoms with Crippen LogP contribution in [0.25, 0.3) is 0 Å². The molecule has 5 nitrogen and oxygen atoms in total. The number of phenols is 1. The molecule has 0 heterocycles. The van der Waals surface area contributed by atoms with Crippen molar-refractivity contribution in [2.24, 2.45) is 0 Å². The molecule has 0 aliphatic carbocycles. The quantitative estimate of drug-likeness (QED) is 0.611. The highest BCUT2D eigenvalue weighted by Crippen LogP contribution is 2.29. The molecule has 0 spiro atoms. The summed E-state index contributed by atoms with van der Waals surface area (Å²) in [6, 6.07) is 4.63. The Balaban J connectivity index is 2.73. The molecule has 88 valence electrons. The Bertz CT molecular complexity index is 377. The van der Waals surface area contributed by atoms with Crippen molar-refractivity contribution in [3.05, 3.63) is 33.9 Å². The molecule has 5 heteroatoms. The Morgan fingerprint density at radius 2 is 2.12 bits per heavy atom. The van der Waals surface area contributed by atoms with E-state index in [2.05, 4.69) is 0 Å². The highest BCUT2D eigenvalue weighted by molar-refractivity contribution is 5.50. The van der Waals surface area contributed by atoms with Crippen molar-refractivity contribution in [2.45, 2.75) is 12.8 Å². The molecule has 0 radical (unpaired) electrons. The predicted molar refractivity (Wildman–Crippen MR) is 61.6 cm³/mol. The van der Waals surface area contributed by atoms with Gasteiger partial charge in [0.05, 0.1) is 4.92 Å². The summed E-state index contributed by atoms with van der Waals surface area (Å²) in [6.07, 6.45) is 1.51. The summed E-state index contributed by atoms with van der Waals surface area (Å²) in [4.78, 5) is 12.1. The molecule has 16 heavy (non-hydrogen) atoms. The lowest BCUT2D eigenvalue weighted by atomic mass is 10.1. The zero-order valence-corrected chi connectivity index (χ0v) is 9.51. The Hall–Kier alpha value is -1.62. The molecule has 0 aliphatic rings. The van der Waals surface area contributed by atoms with E-state index in [9.17, 15) is 15.2 Å². The number of hydrogen-bond acceptors (Lipinski definition) is 4. The monoisotopic (exact) mass is 224 g/mol. The van der Waals surface area contributed by atoms with Crippen LogP contribution in [-0.4, -0.2) is 35.6 Å². The van der Waals surface area contributed by atoms with Crippen LogP contribution in [0.5, 0.6) is 5.75 Å². The van der Waals surface area contributed by atoms with Crippen molar-refractivity contribution in [3.63, 3.8) is 0 Å². The van der Waals surface area contributed by atoms with Crippen LogP contribution in [0, 0.1) is 10.1 Å². The van der Waals surface area contributed by atoms with Crippen molar-refractivity contribution < 1.29 is 10.0 Å². The van der Waals surface area contributed by atoms with Crippen LogP contribution in [0.1, 0.15) is 12.0 Å². The van der Waals surface area contributed by atoms with Crippen LogP contribution in [0.3, 0.4) is 0 Å². The fraction of sp³-hybridized carbons (Fsp3) is 0.455. The average Bonchev–Trinajstić information content (AvgIpc) is 2.19. The average molecular weight is 224 g/mol. The standard InChI is InChI=1S/C11H16N2O3/c1-12(2)8-4-6-9-5-3-7-10(11(9)14)13(15)16/h3,5,7,14H,4,6,8H2,1-2H3. The zero-order chi connectivity index (χ0) is 12.1. The number of nitrogens with zero attached hydrogens (tertiary/aromatic N) is 2. The lowest BCUT2D eigenvalue weighted by Gasteiger charge is -2.09. The second-order valence-electron chi connectivity index (χ2n) is 3.95. The fourth-order valence-corrected chi connectivity index (χ4v) is 1.51. The SMILES string of the molecule is CN(C)CCCc1cccc([N+](=O)[O-])c1O. The Morgan fingerprint density at radius 1 is 1.44 bits per heavy atom. The maximum absolute atomic E-state index is 10.6. The minimum Gasteiger partial charge on any atom is -0.502 e. The molecule has 1 rings (SSSR count). The number of aromatic hydroxyl groups is 1. The van der Waals surface area contributed by atoms with E-state index in [0.717, 1.165) is 13.0 Å². The first-order valence-electron chi connectivity index (χ1n) is 5.12. The van der Waals surface area contributed by atoms with Gasteiger partial charge in [-0.3, -0.25) is 10.1 Å². The number of benzene rings is 1. The molecule has 0 unspecified atom stereocenters. The van der Waals surface area contributed by atoms with Crippen LogP contribution in [0.4, 0.5) is 5.69 Å². The third-order valence-electron chi connectivity index (χ3n) is 2.35. The molecule has 0 saturated heterocycles. The van der Waals surface area contributed by atoms with Gasteiger partial charge in [-0.05, 0) is 33.5 Å². The van der Waals surface area contributed by atoms with Gasteiger partial charge < -0.3 is 10.0 Å². The smallest absolute Gasteiger partial charge is 0.310 e. The third-order valence-corrected chi connectivity index (χ3v) is 2.35. The second kappa shape index (κ2) is 5.46. The number of para-hydroxylation sites is 1. The van der Waals surface area contributed by atoms with E-state index in [1.807, 2.05) is 19.0 Å². The summed E-state index contributed by atoms with van der Waals surface area (Å²) < 4.78 is 0. The fourth-order valence-electron chi connectivity index (χ4n) is 1.51. The van der Waals surface area contributed by atoms with Crippen LogP contribution >= 0.6 is 0 Å². The first-order valence-corrected chi connectivity index (χ1v) is 5.12. The van der Waals surface area contributed by atoms with Crippen LogP contribution < -0.4 is 0 Å². The normalized spacial score (nSPS) is 10.7. The summed E-state index contributed by atoms with van der Waals surface area (Å²) in [5, 5.41) is 20.3. The van der Waals surface area contributed by atoms with Gasteiger partial charge in [0, 0.05) is 11.6 Å². The van der Waals surface area contributed by atoms with Crippen LogP contribution in [-0.2, 0) is 6.42 Å². The van der Waals surface area contributed by atoms with Gasteiger partial charge in [0.2, 0.25) is 0 Å². The number of aryl methyl sites for hydroxylation is 1. The number of nitro groups is 1. The number of nitro benzene ring substituents is 1. The van der Waals surface area contributed by atoms with Gasteiger partial charge in [-0.15, -0.1) is 0 Å². The topological polar surface area (TPSA) is 66.6 Å². The van der Waals surface area contributed by atoms with Gasteiger partial charge in [-0.25, -0.2) is 0 Å². The Labute approximate surface area is 94.5 Å². The molecule has 1 aromatic rings. The number of rotatable bonds is 5. The number of hydrogen-bond donors (Lipinski definition) is 1. The molecular formula is C11H16N2O3. The zero-order valence-electron chi connectivity index (χ0n) is 9.51. The highest BCUT2D eigenvalue weighted by Gasteiger charge is 2.15. The third kappa shape index (κ3) is 3.20. The summed E-state index contributed by atoms with van der Waals surface area (Å²) >= 11 is 0. The van der Waals surface area contributed by atoms with Crippen molar-refractivity contribution in [1.82, 2.24) is 4.90 Å². The molecule has 0 fully saturated rings. The van der Waals surface area contributed by atoms with Gasteiger partial charge in [0.15, 0.2) is 5.75 Å². The first kappa shape index (κ1) is 12.4. The molecule has 0 bridgehead atoms. The van der Waals surface area contributed by atoms with E-state index in [4.69, 9.17) is 0 Å². The van der Waals surface area contributed by atoms with Crippen LogP contribution in [0.2, 0.25) is 0 Å². The summed E-state index contributed by atoms with van der Waals surface area (Å²) in [6.45, 7) is 0.891. The van der Waals surface area contributed by atoms with E-state index in [1.165, 1.54) is 6.07 Å². The summed E-state index contributed by atoms with van der Waals surface area (Å²) in [5.41, 5.74) is 0.415. The lowest BCUT2D eigenvalue weighted by Crippen LogP contribution is -2.13. The Kier molecular flexibility index (Phi) is 4.25. The maximum Gasteiger partial charge on any atom is 0.310 e. The largest absolute Gasteiger partial charge is 0.502 e. The van der Waals surface area contributed by atoms with Gasteiger partial charge in [-0.2, -0.15) is 0 Å². The molecule has 0 aromatic heterocycles. The molecule has 0 amide bonds. The van der Waals surface area contributed by atoms with Gasteiger partial charge in [0.25, 0.3) is 0 Å². The second-order valence-corrected chi connectivity index (χ2v) is 3.95. The minimum absolute atomic E-state index is 0.203.